The molecule has 9 heteroatoms. The van der Waals surface area contributed by atoms with Gasteiger partial charge in [-0.3, -0.25) is 19.7 Å². The zero-order valence-corrected chi connectivity index (χ0v) is 16.6. The van der Waals surface area contributed by atoms with Crippen molar-refractivity contribution < 1.29 is 19.1 Å². The van der Waals surface area contributed by atoms with Crippen molar-refractivity contribution in [2.45, 2.75) is 32.2 Å². The minimum absolute atomic E-state index is 0.0705. The molecule has 146 valence electrons. The van der Waals surface area contributed by atoms with Crippen molar-refractivity contribution in [1.29, 1.82) is 0 Å². The van der Waals surface area contributed by atoms with Crippen LogP contribution in [0.15, 0.2) is 24.3 Å². The summed E-state index contributed by atoms with van der Waals surface area (Å²) in [4.78, 5) is 38.2. The summed E-state index contributed by atoms with van der Waals surface area (Å²) in [5, 5.41) is 5.65. The first kappa shape index (κ1) is 21.1. The van der Waals surface area contributed by atoms with Gasteiger partial charge in [-0.15, -0.1) is 0 Å². The van der Waals surface area contributed by atoms with Crippen LogP contribution in [0.3, 0.4) is 0 Å². The van der Waals surface area contributed by atoms with E-state index in [1.165, 1.54) is 4.90 Å². The number of esters is 1. The fourth-order valence-corrected chi connectivity index (χ4v) is 3.12. The first-order valence-electron chi connectivity index (χ1n) is 8.73. The topological polar surface area (TPSA) is 87.7 Å². The van der Waals surface area contributed by atoms with Crippen LogP contribution in [-0.2, 0) is 14.3 Å². The predicted molar refractivity (Wildman–Crippen MR) is 106 cm³/mol. The maximum Gasteiger partial charge on any atom is 0.308 e. The summed E-state index contributed by atoms with van der Waals surface area (Å²) in [7, 11) is 0. The zero-order valence-electron chi connectivity index (χ0n) is 15.0. The summed E-state index contributed by atoms with van der Waals surface area (Å²) in [5.41, 5.74) is 0.276. The van der Waals surface area contributed by atoms with Crippen molar-refractivity contribution in [3.8, 4) is 0 Å². The largest absolute Gasteiger partial charge is 0.466 e. The number of piperazine rings is 1. The molecule has 2 N–H and O–H groups in total. The van der Waals surface area contributed by atoms with Crippen LogP contribution in [0.4, 0.5) is 0 Å². The third kappa shape index (κ3) is 5.90. The second kappa shape index (κ2) is 10.2. The standard InChI is InChI=1S/C18H22ClN3O4S/c1-2-3-10-26-15(23)11-14-17(25)20-8-9-22(14)18(27)21-16(24)12-6-4-5-7-13(12)19/h4-7,14H,2-3,8-11H2,1H3,(H,20,25)(H,21,24,27)/t14-/m1/s1. The number of hydrogen-bond donors (Lipinski definition) is 2. The number of nitrogens with one attached hydrogen (secondary N) is 2. The number of halogens is 1. The van der Waals surface area contributed by atoms with Crippen LogP contribution in [-0.4, -0.2) is 53.5 Å². The van der Waals surface area contributed by atoms with Crippen LogP contribution in [0.5, 0.6) is 0 Å². The summed E-state index contributed by atoms with van der Waals surface area (Å²) >= 11 is 11.3. The number of amides is 2. The monoisotopic (exact) mass is 411 g/mol. The van der Waals surface area contributed by atoms with Crippen LogP contribution < -0.4 is 10.6 Å². The highest BCUT2D eigenvalue weighted by molar-refractivity contribution is 7.80. The van der Waals surface area contributed by atoms with E-state index in [4.69, 9.17) is 28.6 Å². The Kier molecular flexibility index (Phi) is 7.99. The van der Waals surface area contributed by atoms with Crippen LogP contribution in [0.2, 0.25) is 5.02 Å². The molecular weight excluding hydrogens is 390 g/mol. The molecule has 0 aromatic heterocycles. The fourth-order valence-electron chi connectivity index (χ4n) is 2.59. The Bertz CT molecular complexity index is 728. The Hall–Kier alpha value is -2.19. The number of ether oxygens (including phenoxy) is 1. The number of rotatable bonds is 6. The van der Waals surface area contributed by atoms with Gasteiger partial charge in [0.15, 0.2) is 5.11 Å². The Morgan fingerprint density at radius 1 is 1.41 bits per heavy atom. The molecule has 1 saturated heterocycles. The summed E-state index contributed by atoms with van der Waals surface area (Å²) in [5.74, 6) is -1.28. The Morgan fingerprint density at radius 3 is 2.85 bits per heavy atom. The summed E-state index contributed by atoms with van der Waals surface area (Å²) < 4.78 is 5.13. The lowest BCUT2D eigenvalue weighted by molar-refractivity contribution is -0.147. The molecule has 2 rings (SSSR count). The minimum atomic E-state index is -0.827. The van der Waals surface area contributed by atoms with E-state index in [0.29, 0.717) is 24.7 Å². The number of hydrogen-bond acceptors (Lipinski definition) is 5. The lowest BCUT2D eigenvalue weighted by atomic mass is 10.1. The number of carbonyl (C=O) groups is 3. The lowest BCUT2D eigenvalue weighted by Gasteiger charge is -2.36. The van der Waals surface area contributed by atoms with Gasteiger partial charge in [0, 0.05) is 13.1 Å². The SMILES string of the molecule is CCCCOC(=O)C[C@@H]1C(=O)NCCN1C(=S)NC(=O)c1ccccc1Cl. The van der Waals surface area contributed by atoms with E-state index in [1.54, 1.807) is 24.3 Å². The number of unbranched alkanes of at least 4 members (excludes halogenated alkanes) is 1. The molecule has 0 radical (unpaired) electrons. The number of benzene rings is 1. The molecule has 0 saturated carbocycles. The molecule has 0 unspecified atom stereocenters. The maximum absolute atomic E-state index is 12.4. The molecule has 0 aliphatic carbocycles. The molecule has 7 nitrogen and oxygen atoms in total. The molecule has 1 aromatic rings. The molecule has 1 fully saturated rings. The Balaban J connectivity index is 2.03. The number of nitrogens with zero attached hydrogens (tertiary/aromatic N) is 1. The van der Waals surface area contributed by atoms with Gasteiger partial charge in [0.05, 0.1) is 23.6 Å². The van der Waals surface area contributed by atoms with E-state index >= 15 is 0 Å². The van der Waals surface area contributed by atoms with Crippen LogP contribution in [0.25, 0.3) is 0 Å². The minimum Gasteiger partial charge on any atom is -0.466 e. The van der Waals surface area contributed by atoms with Gasteiger partial charge in [0.25, 0.3) is 5.91 Å². The highest BCUT2D eigenvalue weighted by Crippen LogP contribution is 2.16. The van der Waals surface area contributed by atoms with Gasteiger partial charge < -0.3 is 15.0 Å². The van der Waals surface area contributed by atoms with E-state index < -0.39 is 17.9 Å². The average molecular weight is 412 g/mol. The molecular formula is C18H22ClN3O4S. The van der Waals surface area contributed by atoms with Gasteiger partial charge in [-0.1, -0.05) is 37.1 Å². The normalized spacial score (nSPS) is 16.4. The van der Waals surface area contributed by atoms with Gasteiger partial charge in [-0.2, -0.15) is 0 Å². The zero-order chi connectivity index (χ0) is 19.8. The van der Waals surface area contributed by atoms with Crippen LogP contribution in [0, 0.1) is 0 Å². The molecule has 1 atom stereocenters. The van der Waals surface area contributed by atoms with E-state index in [1.807, 2.05) is 6.92 Å². The second-order valence-electron chi connectivity index (χ2n) is 6.02. The molecule has 1 aliphatic heterocycles. The average Bonchev–Trinajstić information content (AvgIpc) is 2.63. The third-order valence-electron chi connectivity index (χ3n) is 4.05. The van der Waals surface area contributed by atoms with Crippen molar-refractivity contribution in [3.05, 3.63) is 34.9 Å². The van der Waals surface area contributed by atoms with Gasteiger partial charge >= 0.3 is 5.97 Å². The van der Waals surface area contributed by atoms with Gasteiger partial charge in [-0.25, -0.2) is 0 Å². The summed E-state index contributed by atoms with van der Waals surface area (Å²) in [6.07, 6.45) is 1.53. The van der Waals surface area contributed by atoms with E-state index in [2.05, 4.69) is 10.6 Å². The first-order chi connectivity index (χ1) is 12.9. The molecule has 27 heavy (non-hydrogen) atoms. The van der Waals surface area contributed by atoms with Crippen molar-refractivity contribution in [2.24, 2.45) is 0 Å². The maximum atomic E-state index is 12.4. The Morgan fingerprint density at radius 2 is 2.15 bits per heavy atom. The molecule has 1 aromatic carbocycles. The highest BCUT2D eigenvalue weighted by atomic mass is 35.5. The molecule has 1 heterocycles. The van der Waals surface area contributed by atoms with Crippen LogP contribution >= 0.6 is 23.8 Å². The Labute approximate surface area is 168 Å². The van der Waals surface area contributed by atoms with Gasteiger partial charge in [-0.05, 0) is 30.8 Å². The van der Waals surface area contributed by atoms with E-state index in [9.17, 15) is 14.4 Å². The van der Waals surface area contributed by atoms with Crippen molar-refractivity contribution in [2.75, 3.05) is 19.7 Å². The number of thiocarbonyl (C=S) groups is 1. The molecule has 2 amide bonds. The predicted octanol–water partition coefficient (Wildman–Crippen LogP) is 1.89. The molecule has 0 bridgehead atoms. The summed E-state index contributed by atoms with van der Waals surface area (Å²) in [6, 6.07) is 5.75. The van der Waals surface area contributed by atoms with E-state index in [-0.39, 0.29) is 23.0 Å². The quantitative estimate of drug-likeness (QED) is 0.422. The van der Waals surface area contributed by atoms with Crippen LogP contribution in [0.1, 0.15) is 36.5 Å². The highest BCUT2D eigenvalue weighted by Gasteiger charge is 2.34. The lowest BCUT2D eigenvalue weighted by Crippen LogP contribution is -2.60. The fraction of sp³-hybridized carbons (Fsp3) is 0.444. The molecule has 1 aliphatic rings. The number of carbonyl (C=O) groups excluding carboxylic acids is 3. The van der Waals surface area contributed by atoms with Crippen molar-refractivity contribution in [3.63, 3.8) is 0 Å². The van der Waals surface area contributed by atoms with Crippen molar-refractivity contribution >= 4 is 46.7 Å². The van der Waals surface area contributed by atoms with E-state index in [0.717, 1.165) is 12.8 Å². The second-order valence-corrected chi connectivity index (χ2v) is 6.81. The summed E-state index contributed by atoms with van der Waals surface area (Å²) in [6.45, 7) is 3.05. The molecule has 0 spiro atoms. The third-order valence-corrected chi connectivity index (χ3v) is 4.72. The first-order valence-corrected chi connectivity index (χ1v) is 9.52. The van der Waals surface area contributed by atoms with Gasteiger partial charge in [0.1, 0.15) is 6.04 Å². The smallest absolute Gasteiger partial charge is 0.308 e. The van der Waals surface area contributed by atoms with Crippen molar-refractivity contribution in [1.82, 2.24) is 15.5 Å². The van der Waals surface area contributed by atoms with Gasteiger partial charge in [0.2, 0.25) is 5.91 Å².